The molecule has 1 fully saturated rings. The molecule has 0 saturated carbocycles. The summed E-state index contributed by atoms with van der Waals surface area (Å²) in [7, 11) is 0. The average Bonchev–Trinajstić information content (AvgIpc) is 2.37. The molecule has 0 aromatic heterocycles. The summed E-state index contributed by atoms with van der Waals surface area (Å²) in [6, 6.07) is 4.72. The minimum atomic E-state index is -0.491. The van der Waals surface area contributed by atoms with Gasteiger partial charge in [0.05, 0.1) is 10.5 Å². The second-order valence-electron chi connectivity index (χ2n) is 5.67. The topological polar surface area (TPSA) is 75.5 Å². The number of rotatable bonds is 2. The van der Waals surface area contributed by atoms with Gasteiger partial charge < -0.3 is 10.2 Å². The number of hydrogen-bond acceptors (Lipinski definition) is 4. The van der Waals surface area contributed by atoms with E-state index in [0.29, 0.717) is 25.2 Å². The molecular formula is C14H19N3O3. The van der Waals surface area contributed by atoms with Crippen LogP contribution in [0.5, 0.6) is 0 Å². The van der Waals surface area contributed by atoms with E-state index in [1.165, 1.54) is 6.07 Å². The van der Waals surface area contributed by atoms with Crippen molar-refractivity contribution in [3.8, 4) is 0 Å². The minimum Gasteiger partial charge on any atom is -0.331 e. The summed E-state index contributed by atoms with van der Waals surface area (Å²) in [5.74, 6) is -0.263. The Labute approximate surface area is 117 Å². The number of aryl methyl sites for hydroxylation is 1. The highest BCUT2D eigenvalue weighted by Crippen LogP contribution is 2.27. The van der Waals surface area contributed by atoms with Crippen LogP contribution in [0, 0.1) is 17.0 Å². The van der Waals surface area contributed by atoms with Gasteiger partial charge in [0.2, 0.25) is 0 Å². The first-order valence-corrected chi connectivity index (χ1v) is 6.61. The molecule has 6 heteroatoms. The molecular weight excluding hydrogens is 258 g/mol. The Balaban J connectivity index is 2.46. The molecule has 1 amide bonds. The fraction of sp³-hybridized carbons (Fsp3) is 0.500. The van der Waals surface area contributed by atoms with E-state index in [1.807, 2.05) is 13.8 Å². The van der Waals surface area contributed by atoms with Crippen molar-refractivity contribution in [3.05, 3.63) is 39.4 Å². The highest BCUT2D eigenvalue weighted by molar-refractivity contribution is 6.00. The van der Waals surface area contributed by atoms with Gasteiger partial charge in [0.25, 0.3) is 11.6 Å². The molecule has 1 saturated heterocycles. The summed E-state index contributed by atoms with van der Waals surface area (Å²) in [4.78, 5) is 25.1. The average molecular weight is 277 g/mol. The number of carbonyl (C=O) groups is 1. The molecule has 2 rings (SSSR count). The minimum absolute atomic E-state index is 0.121. The van der Waals surface area contributed by atoms with Gasteiger partial charge in [-0.15, -0.1) is 0 Å². The Kier molecular flexibility index (Phi) is 3.76. The molecule has 0 atom stereocenters. The summed E-state index contributed by atoms with van der Waals surface area (Å²) >= 11 is 0. The van der Waals surface area contributed by atoms with Gasteiger partial charge in [0, 0.05) is 25.7 Å². The number of benzene rings is 1. The van der Waals surface area contributed by atoms with Crippen molar-refractivity contribution in [2.24, 2.45) is 0 Å². The van der Waals surface area contributed by atoms with Gasteiger partial charge in [-0.05, 0) is 26.3 Å². The molecule has 20 heavy (non-hydrogen) atoms. The first kappa shape index (κ1) is 14.5. The van der Waals surface area contributed by atoms with E-state index >= 15 is 0 Å². The zero-order valence-electron chi connectivity index (χ0n) is 12.0. The van der Waals surface area contributed by atoms with Gasteiger partial charge in [-0.25, -0.2) is 0 Å². The lowest BCUT2D eigenvalue weighted by molar-refractivity contribution is -0.385. The Morgan fingerprint density at radius 2 is 2.15 bits per heavy atom. The van der Waals surface area contributed by atoms with E-state index in [1.54, 1.807) is 24.0 Å². The molecule has 1 aliphatic rings. The highest BCUT2D eigenvalue weighted by atomic mass is 16.6. The number of nitrogens with zero attached hydrogens (tertiary/aromatic N) is 2. The van der Waals surface area contributed by atoms with Crippen LogP contribution in [0.4, 0.5) is 5.69 Å². The number of carbonyl (C=O) groups excluding carboxylic acids is 1. The molecule has 108 valence electrons. The fourth-order valence-electron chi connectivity index (χ4n) is 2.58. The quantitative estimate of drug-likeness (QED) is 0.660. The second kappa shape index (κ2) is 5.20. The predicted molar refractivity (Wildman–Crippen MR) is 75.8 cm³/mol. The van der Waals surface area contributed by atoms with Crippen molar-refractivity contribution in [1.82, 2.24) is 10.2 Å². The van der Waals surface area contributed by atoms with E-state index in [2.05, 4.69) is 5.32 Å². The second-order valence-corrected chi connectivity index (χ2v) is 5.67. The van der Waals surface area contributed by atoms with Gasteiger partial charge in [-0.2, -0.15) is 0 Å². The summed E-state index contributed by atoms with van der Waals surface area (Å²) in [5.41, 5.74) is 0.362. The smallest absolute Gasteiger partial charge is 0.282 e. The molecule has 0 unspecified atom stereocenters. The Hall–Kier alpha value is -1.95. The van der Waals surface area contributed by atoms with E-state index in [-0.39, 0.29) is 22.7 Å². The molecule has 0 spiro atoms. The molecule has 1 aromatic carbocycles. The van der Waals surface area contributed by atoms with Crippen LogP contribution in [0.15, 0.2) is 18.2 Å². The van der Waals surface area contributed by atoms with Crippen LogP contribution in [0.3, 0.4) is 0 Å². The van der Waals surface area contributed by atoms with Gasteiger partial charge in [-0.3, -0.25) is 14.9 Å². The summed E-state index contributed by atoms with van der Waals surface area (Å²) in [6.07, 6.45) is 0. The van der Waals surface area contributed by atoms with Crippen LogP contribution < -0.4 is 5.32 Å². The predicted octanol–water partition coefficient (Wildman–Crippen LogP) is 1.73. The van der Waals surface area contributed by atoms with Crippen molar-refractivity contribution < 1.29 is 9.72 Å². The molecule has 1 heterocycles. The number of hydrogen-bond donors (Lipinski definition) is 1. The standard InChI is InChI=1S/C14H19N3O3/c1-10-5-4-6-11(17(19)20)12(10)13(18)16-8-7-15-9-14(16,2)3/h4-6,15H,7-9H2,1-3H3. The fourth-order valence-corrected chi connectivity index (χ4v) is 2.58. The van der Waals surface area contributed by atoms with E-state index in [0.717, 1.165) is 0 Å². The maximum Gasteiger partial charge on any atom is 0.282 e. The third-order valence-electron chi connectivity index (χ3n) is 3.71. The molecule has 1 aromatic rings. The van der Waals surface area contributed by atoms with E-state index < -0.39 is 4.92 Å². The Morgan fingerprint density at radius 1 is 1.45 bits per heavy atom. The maximum atomic E-state index is 12.8. The van der Waals surface area contributed by atoms with Crippen molar-refractivity contribution in [1.29, 1.82) is 0 Å². The van der Waals surface area contributed by atoms with E-state index in [4.69, 9.17) is 0 Å². The molecule has 0 aliphatic carbocycles. The van der Waals surface area contributed by atoms with Crippen molar-refractivity contribution >= 4 is 11.6 Å². The normalized spacial score (nSPS) is 17.9. The third-order valence-corrected chi connectivity index (χ3v) is 3.71. The largest absolute Gasteiger partial charge is 0.331 e. The maximum absolute atomic E-state index is 12.8. The lowest BCUT2D eigenvalue weighted by Crippen LogP contribution is -2.60. The van der Waals surface area contributed by atoms with Crippen molar-refractivity contribution in [2.75, 3.05) is 19.6 Å². The van der Waals surface area contributed by atoms with Crippen LogP contribution >= 0.6 is 0 Å². The molecule has 0 radical (unpaired) electrons. The molecule has 0 bridgehead atoms. The first-order chi connectivity index (χ1) is 9.34. The van der Waals surface area contributed by atoms with Crippen molar-refractivity contribution in [2.45, 2.75) is 26.3 Å². The Bertz CT molecular complexity index is 555. The van der Waals surface area contributed by atoms with Crippen LogP contribution in [0.2, 0.25) is 0 Å². The first-order valence-electron chi connectivity index (χ1n) is 6.61. The van der Waals surface area contributed by atoms with Gasteiger partial charge >= 0.3 is 0 Å². The third kappa shape index (κ3) is 2.51. The van der Waals surface area contributed by atoms with E-state index in [9.17, 15) is 14.9 Å². The summed E-state index contributed by atoms with van der Waals surface area (Å²) in [6.45, 7) is 7.59. The monoisotopic (exact) mass is 277 g/mol. The van der Waals surface area contributed by atoms with Crippen molar-refractivity contribution in [3.63, 3.8) is 0 Å². The van der Waals surface area contributed by atoms with Crippen LogP contribution in [0.25, 0.3) is 0 Å². The number of nitrogens with one attached hydrogen (secondary N) is 1. The zero-order valence-corrected chi connectivity index (χ0v) is 12.0. The highest BCUT2D eigenvalue weighted by Gasteiger charge is 2.36. The molecule has 6 nitrogen and oxygen atoms in total. The van der Waals surface area contributed by atoms with Crippen LogP contribution in [0.1, 0.15) is 29.8 Å². The molecule has 1 N–H and O–H groups in total. The van der Waals surface area contributed by atoms with Gasteiger partial charge in [-0.1, -0.05) is 12.1 Å². The number of nitro benzene ring substituents is 1. The SMILES string of the molecule is Cc1cccc([N+](=O)[O-])c1C(=O)N1CCNCC1(C)C. The Morgan fingerprint density at radius 3 is 2.75 bits per heavy atom. The summed E-state index contributed by atoms with van der Waals surface area (Å²) < 4.78 is 0. The summed E-state index contributed by atoms with van der Waals surface area (Å²) in [5, 5.41) is 14.4. The van der Waals surface area contributed by atoms with Gasteiger partial charge in [0.15, 0.2) is 0 Å². The number of piperazine rings is 1. The molecule has 1 aliphatic heterocycles. The van der Waals surface area contributed by atoms with Crippen LogP contribution in [-0.4, -0.2) is 40.9 Å². The lowest BCUT2D eigenvalue weighted by atomic mass is 9.97. The number of amides is 1. The zero-order chi connectivity index (χ0) is 14.9. The lowest BCUT2D eigenvalue weighted by Gasteiger charge is -2.42. The van der Waals surface area contributed by atoms with Crippen LogP contribution in [-0.2, 0) is 0 Å². The number of nitro groups is 1. The van der Waals surface area contributed by atoms with Gasteiger partial charge in [0.1, 0.15) is 5.56 Å².